The first-order valence-corrected chi connectivity index (χ1v) is 22.3. The molecule has 4 atom stereocenters. The first-order valence-electron chi connectivity index (χ1n) is 22.3. The number of imidazole rings is 2. The van der Waals surface area contributed by atoms with E-state index in [4.69, 9.17) is 19.4 Å². The summed E-state index contributed by atoms with van der Waals surface area (Å²) in [6, 6.07) is 21.8. The van der Waals surface area contributed by atoms with Crippen LogP contribution in [0.4, 0.5) is 49.6 Å². The molecule has 2 N–H and O–H groups in total. The minimum atomic E-state index is -4.75. The van der Waals surface area contributed by atoms with Crippen LogP contribution in [0.15, 0.2) is 84.9 Å². The summed E-state index contributed by atoms with van der Waals surface area (Å²) in [5, 5.41) is 6.51. The highest BCUT2D eigenvalue weighted by atomic mass is 19.4. The molecule has 6 aromatic rings. The number of ether oxygens (including phenoxy) is 4. The number of esters is 2. The Labute approximate surface area is 390 Å². The summed E-state index contributed by atoms with van der Waals surface area (Å²) < 4.78 is 96.9. The van der Waals surface area contributed by atoms with Gasteiger partial charge in [-0.2, -0.15) is 0 Å². The number of carbonyl (C=O) groups excluding carboxylic acids is 2. The number of aromatic nitrogens is 4. The van der Waals surface area contributed by atoms with Crippen molar-refractivity contribution in [2.24, 2.45) is 22.7 Å². The van der Waals surface area contributed by atoms with E-state index in [0.717, 1.165) is 49.6 Å². The Balaban J connectivity index is 0.000000201. The maximum atomic E-state index is 12.5. The Morgan fingerprint density at radius 1 is 0.574 bits per heavy atom. The van der Waals surface area contributed by atoms with Crippen molar-refractivity contribution in [1.82, 2.24) is 19.1 Å². The van der Waals surface area contributed by atoms with E-state index in [-0.39, 0.29) is 34.4 Å². The molecule has 2 aromatic heterocycles. The van der Waals surface area contributed by atoms with Crippen LogP contribution in [-0.2, 0) is 9.47 Å². The first-order chi connectivity index (χ1) is 31.9. The number of halogens is 6. The second kappa shape index (κ2) is 19.3. The molecule has 8 rings (SSSR count). The van der Waals surface area contributed by atoms with Gasteiger partial charge in [0.1, 0.15) is 11.5 Å². The highest BCUT2D eigenvalue weighted by Gasteiger charge is 2.37. The molecule has 2 aliphatic carbocycles. The first kappa shape index (κ1) is 49.4. The van der Waals surface area contributed by atoms with Gasteiger partial charge in [-0.1, -0.05) is 41.5 Å². The number of nitrogens with one attached hydrogen (secondary N) is 2. The molecule has 0 bridgehead atoms. The van der Waals surface area contributed by atoms with Crippen molar-refractivity contribution < 1.29 is 54.9 Å². The van der Waals surface area contributed by atoms with Crippen molar-refractivity contribution in [3.63, 3.8) is 0 Å². The molecular weight excluding hydrogens is 895 g/mol. The van der Waals surface area contributed by atoms with Gasteiger partial charge in [-0.3, -0.25) is 0 Å². The number of fused-ring (bicyclic) bond motifs is 2. The topological polar surface area (TPSA) is 131 Å². The minimum absolute atomic E-state index is 0.131. The summed E-state index contributed by atoms with van der Waals surface area (Å²) in [5.41, 5.74) is 5.30. The fraction of sp³-hybridized carbons (Fsp3) is 0.440. The van der Waals surface area contributed by atoms with Gasteiger partial charge in [0.2, 0.25) is 11.9 Å². The zero-order valence-electron chi connectivity index (χ0n) is 39.1. The van der Waals surface area contributed by atoms with Gasteiger partial charge in [-0.05, 0) is 146 Å². The Bertz CT molecular complexity index is 2560. The highest BCUT2D eigenvalue weighted by Crippen LogP contribution is 2.48. The lowest BCUT2D eigenvalue weighted by atomic mass is 9.70. The lowest BCUT2D eigenvalue weighted by Crippen LogP contribution is -2.29. The lowest BCUT2D eigenvalue weighted by Gasteiger charge is -2.40. The number of rotatable bonds is 10. The molecule has 0 unspecified atom stereocenters. The monoisotopic (exact) mass is 950 g/mol. The smallest absolute Gasteiger partial charge is 0.465 e. The van der Waals surface area contributed by atoms with E-state index >= 15 is 0 Å². The number of nitrogens with zero attached hydrogens (tertiary/aromatic N) is 4. The van der Waals surface area contributed by atoms with Crippen LogP contribution >= 0.6 is 0 Å². The Hall–Kier alpha value is -6.46. The van der Waals surface area contributed by atoms with Crippen LogP contribution in [0.1, 0.15) is 113 Å². The summed E-state index contributed by atoms with van der Waals surface area (Å²) in [7, 11) is 2.68. The normalized spacial score (nSPS) is 20.2. The largest absolute Gasteiger partial charge is 0.573 e. The van der Waals surface area contributed by atoms with E-state index in [1.807, 2.05) is 0 Å². The molecule has 2 heterocycles. The summed E-state index contributed by atoms with van der Waals surface area (Å²) in [6.07, 6.45) is -3.50. The fourth-order valence-electron chi connectivity index (χ4n) is 10.3. The Morgan fingerprint density at radius 2 is 0.926 bits per heavy atom. The van der Waals surface area contributed by atoms with Crippen LogP contribution < -0.4 is 20.1 Å². The maximum Gasteiger partial charge on any atom is 0.573 e. The quantitative estimate of drug-likeness (QED) is 0.101. The van der Waals surface area contributed by atoms with Crippen LogP contribution in [-0.4, -0.2) is 58.0 Å². The van der Waals surface area contributed by atoms with Gasteiger partial charge in [-0.25, -0.2) is 19.6 Å². The van der Waals surface area contributed by atoms with Crippen LogP contribution in [0.25, 0.3) is 22.1 Å². The predicted octanol–water partition coefficient (Wildman–Crippen LogP) is 13.7. The number of hydrogen-bond donors (Lipinski definition) is 2. The van der Waals surface area contributed by atoms with Gasteiger partial charge >= 0.3 is 24.7 Å². The third-order valence-electron chi connectivity index (χ3n) is 12.4. The van der Waals surface area contributed by atoms with Crippen molar-refractivity contribution in [3.05, 3.63) is 96.1 Å². The predicted molar refractivity (Wildman–Crippen MR) is 247 cm³/mol. The number of hydrogen-bond acceptors (Lipinski definition) is 10. The van der Waals surface area contributed by atoms with E-state index in [0.29, 0.717) is 57.3 Å². The number of alkyl halides is 6. The summed E-state index contributed by atoms with van der Waals surface area (Å²) in [5.74, 6) is 0.689. The molecule has 68 heavy (non-hydrogen) atoms. The molecule has 2 fully saturated rings. The Kier molecular flexibility index (Phi) is 14.0. The zero-order valence-corrected chi connectivity index (χ0v) is 39.1. The van der Waals surface area contributed by atoms with Crippen molar-refractivity contribution in [3.8, 4) is 11.5 Å². The van der Waals surface area contributed by atoms with Crippen LogP contribution in [0.2, 0.25) is 0 Å². The summed E-state index contributed by atoms with van der Waals surface area (Å²) >= 11 is 0. The molecular formula is C50H56F6N6O6. The zero-order chi connectivity index (χ0) is 49.3. The molecule has 0 saturated heterocycles. The minimum Gasteiger partial charge on any atom is -0.465 e. The van der Waals surface area contributed by atoms with E-state index in [2.05, 4.69) is 70.8 Å². The van der Waals surface area contributed by atoms with Crippen molar-refractivity contribution >= 4 is 57.3 Å². The molecule has 4 aromatic carbocycles. The summed E-state index contributed by atoms with van der Waals surface area (Å²) in [6.45, 7) is 13.5. The van der Waals surface area contributed by atoms with Gasteiger partial charge < -0.3 is 38.7 Å². The molecule has 18 heteroatoms. The van der Waals surface area contributed by atoms with Crippen molar-refractivity contribution in [1.29, 1.82) is 0 Å². The van der Waals surface area contributed by atoms with Gasteiger partial charge in [0.15, 0.2) is 0 Å². The van der Waals surface area contributed by atoms with E-state index in [9.17, 15) is 35.9 Å². The van der Waals surface area contributed by atoms with Crippen LogP contribution in [0, 0.1) is 22.7 Å². The number of anilines is 4. The molecule has 0 aliphatic heterocycles. The molecule has 2 saturated carbocycles. The lowest BCUT2D eigenvalue weighted by molar-refractivity contribution is -0.275. The molecule has 0 radical (unpaired) electrons. The molecule has 2 aliphatic rings. The SMILES string of the molecule is COC(=O)c1ccc2nc(Nc3ccc(OC(F)(F)F)cc3)n([C@@H]3C[C@H](C)CC(C)(C)C3)c2c1.COC(=O)c1ccc2nc(Nc3ccc(OC(F)(F)F)cc3)n([C@H]3C[C@@H](C)CC(C)(C)C3)c2c1. The Morgan fingerprint density at radius 3 is 1.24 bits per heavy atom. The third-order valence-corrected chi connectivity index (χ3v) is 12.4. The van der Waals surface area contributed by atoms with Gasteiger partial charge in [0, 0.05) is 23.5 Å². The van der Waals surface area contributed by atoms with E-state index < -0.39 is 24.7 Å². The van der Waals surface area contributed by atoms with Gasteiger partial charge in [0.05, 0.1) is 47.4 Å². The standard InChI is InChI=1S/2C25H28F3N3O3/c2*1-15-11-18(14-24(2,3)13-15)31-21-12-16(22(32)33-4)5-10-20(21)30-23(31)29-17-6-8-19(9-7-17)34-25(26,27)28/h2*5-10,12,15,18H,11,13-14H2,1-4H3,(H,29,30)/t2*15-,18+/m10/s1. The van der Waals surface area contributed by atoms with Crippen LogP contribution in [0.3, 0.4) is 0 Å². The van der Waals surface area contributed by atoms with E-state index in [1.165, 1.54) is 62.8 Å². The van der Waals surface area contributed by atoms with Gasteiger partial charge in [0.25, 0.3) is 0 Å². The second-order valence-electron chi connectivity index (χ2n) is 19.5. The summed E-state index contributed by atoms with van der Waals surface area (Å²) in [4.78, 5) is 33.8. The van der Waals surface area contributed by atoms with Crippen molar-refractivity contribution in [2.45, 2.75) is 105 Å². The molecule has 364 valence electrons. The molecule has 0 spiro atoms. The highest BCUT2D eigenvalue weighted by molar-refractivity contribution is 5.95. The maximum absolute atomic E-state index is 12.5. The second-order valence-corrected chi connectivity index (χ2v) is 19.5. The number of benzene rings is 4. The number of carbonyl (C=O) groups is 2. The fourth-order valence-corrected chi connectivity index (χ4v) is 10.3. The molecule has 12 nitrogen and oxygen atoms in total. The van der Waals surface area contributed by atoms with Crippen LogP contribution in [0.5, 0.6) is 11.5 Å². The number of methoxy groups -OCH3 is 2. The van der Waals surface area contributed by atoms with Gasteiger partial charge in [-0.15, -0.1) is 26.3 Å². The van der Waals surface area contributed by atoms with Crippen molar-refractivity contribution in [2.75, 3.05) is 24.9 Å². The third kappa shape index (κ3) is 12.2. The van der Waals surface area contributed by atoms with E-state index in [1.54, 1.807) is 36.4 Å². The average Bonchev–Trinajstić information content (AvgIpc) is 3.78. The average molecular weight is 951 g/mol. The molecule has 0 amide bonds.